The summed E-state index contributed by atoms with van der Waals surface area (Å²) in [7, 11) is 0. The Balaban J connectivity index is 1.72. The lowest BCUT2D eigenvalue weighted by molar-refractivity contribution is 0.139. The molecule has 0 aliphatic carbocycles. The molecule has 1 N–H and O–H groups in total. The fourth-order valence-corrected chi connectivity index (χ4v) is 4.68. The van der Waals surface area contributed by atoms with Crippen LogP contribution in [0, 0.1) is 13.8 Å². The van der Waals surface area contributed by atoms with E-state index in [4.69, 9.17) is 17.0 Å². The lowest BCUT2D eigenvalue weighted by atomic mass is 9.98. The molecule has 0 saturated carbocycles. The molecule has 1 aliphatic heterocycles. The zero-order valence-corrected chi connectivity index (χ0v) is 21.8. The zero-order valence-electron chi connectivity index (χ0n) is 21.0. The minimum atomic E-state index is 0.755. The van der Waals surface area contributed by atoms with E-state index in [1.807, 2.05) is 6.92 Å². The summed E-state index contributed by atoms with van der Waals surface area (Å²) in [5, 5.41) is 4.25. The highest BCUT2D eigenvalue weighted by atomic mass is 32.1. The summed E-state index contributed by atoms with van der Waals surface area (Å²) < 4.78 is 5.58. The van der Waals surface area contributed by atoms with E-state index in [0.29, 0.717) is 0 Å². The Hall–Kier alpha value is -2.11. The van der Waals surface area contributed by atoms with Crippen LogP contribution in [0.4, 0.5) is 11.4 Å². The first kappa shape index (κ1) is 25.5. The zero-order chi connectivity index (χ0) is 23.6. The van der Waals surface area contributed by atoms with Gasteiger partial charge in [-0.15, -0.1) is 0 Å². The Morgan fingerprint density at radius 1 is 1.09 bits per heavy atom. The molecule has 1 aliphatic rings. The standard InChI is InChI=1S/C28H41N3OS/c1-5-7-15-30-16-8-10-25-20-24(12-14-27(25)30)21-31(17-9-18-32-6-2)28(33)29-26-13-11-22(3)23(4)19-26/h11-14,19-20H,5-10,15-18,21H2,1-4H3,(H,29,33). The van der Waals surface area contributed by atoms with Crippen molar-refractivity contribution in [1.82, 2.24) is 4.90 Å². The van der Waals surface area contributed by atoms with Crippen LogP contribution >= 0.6 is 12.2 Å². The van der Waals surface area contributed by atoms with Gasteiger partial charge in [-0.2, -0.15) is 0 Å². The highest BCUT2D eigenvalue weighted by molar-refractivity contribution is 7.80. The largest absolute Gasteiger partial charge is 0.382 e. The second-order valence-corrected chi connectivity index (χ2v) is 9.50. The summed E-state index contributed by atoms with van der Waals surface area (Å²) in [6, 6.07) is 13.4. The molecule has 0 spiro atoms. The molecule has 1 heterocycles. The van der Waals surface area contributed by atoms with Crippen molar-refractivity contribution in [2.45, 2.75) is 66.3 Å². The second kappa shape index (κ2) is 13.0. The average Bonchev–Trinajstić information content (AvgIpc) is 2.81. The summed E-state index contributed by atoms with van der Waals surface area (Å²) in [4.78, 5) is 4.85. The number of unbranched alkanes of at least 4 members (excludes halogenated alkanes) is 1. The van der Waals surface area contributed by atoms with E-state index >= 15 is 0 Å². The quantitative estimate of drug-likeness (QED) is 0.301. The first-order valence-electron chi connectivity index (χ1n) is 12.6. The molecule has 0 amide bonds. The molecule has 0 unspecified atom stereocenters. The fraction of sp³-hybridized carbons (Fsp3) is 0.536. The maximum absolute atomic E-state index is 5.86. The number of fused-ring (bicyclic) bond motifs is 1. The summed E-state index contributed by atoms with van der Waals surface area (Å²) in [6.07, 6.45) is 5.86. The van der Waals surface area contributed by atoms with Crippen molar-refractivity contribution in [2.75, 3.05) is 43.1 Å². The first-order chi connectivity index (χ1) is 16.0. The van der Waals surface area contributed by atoms with Gasteiger partial charge in [0.15, 0.2) is 5.11 Å². The number of anilines is 2. The summed E-state index contributed by atoms with van der Waals surface area (Å²) in [5.74, 6) is 0. The SMILES string of the molecule is CCCCN1CCCc2cc(CN(CCCOCC)C(=S)Nc3ccc(C)c(C)c3)ccc21. The third-order valence-electron chi connectivity index (χ3n) is 6.48. The van der Waals surface area contributed by atoms with Gasteiger partial charge in [-0.3, -0.25) is 0 Å². The molecule has 0 aromatic heterocycles. The van der Waals surface area contributed by atoms with Crippen molar-refractivity contribution in [2.24, 2.45) is 0 Å². The monoisotopic (exact) mass is 467 g/mol. The van der Waals surface area contributed by atoms with E-state index in [1.165, 1.54) is 60.2 Å². The lowest BCUT2D eigenvalue weighted by Gasteiger charge is -2.32. The molecule has 180 valence electrons. The van der Waals surface area contributed by atoms with Crippen molar-refractivity contribution in [3.63, 3.8) is 0 Å². The van der Waals surface area contributed by atoms with Crippen LogP contribution in [0.2, 0.25) is 0 Å². The summed E-state index contributed by atoms with van der Waals surface area (Å²) in [6.45, 7) is 14.1. The predicted molar refractivity (Wildman–Crippen MR) is 146 cm³/mol. The van der Waals surface area contributed by atoms with Crippen molar-refractivity contribution >= 4 is 28.7 Å². The van der Waals surface area contributed by atoms with E-state index in [9.17, 15) is 0 Å². The number of nitrogens with zero attached hydrogens (tertiary/aromatic N) is 2. The minimum absolute atomic E-state index is 0.755. The number of rotatable bonds is 11. The second-order valence-electron chi connectivity index (χ2n) is 9.11. The first-order valence-corrected chi connectivity index (χ1v) is 13.0. The van der Waals surface area contributed by atoms with Crippen LogP contribution in [-0.4, -0.2) is 42.9 Å². The molecule has 0 saturated heterocycles. The van der Waals surface area contributed by atoms with Gasteiger partial charge < -0.3 is 19.9 Å². The van der Waals surface area contributed by atoms with Gasteiger partial charge >= 0.3 is 0 Å². The number of benzene rings is 2. The third-order valence-corrected chi connectivity index (χ3v) is 6.84. The van der Waals surface area contributed by atoms with Crippen LogP contribution < -0.4 is 10.2 Å². The summed E-state index contributed by atoms with van der Waals surface area (Å²) >= 11 is 5.86. The van der Waals surface area contributed by atoms with Gasteiger partial charge in [-0.1, -0.05) is 31.5 Å². The van der Waals surface area contributed by atoms with E-state index in [2.05, 4.69) is 72.3 Å². The Labute approximate surface area is 206 Å². The highest BCUT2D eigenvalue weighted by Gasteiger charge is 2.18. The molecule has 0 bridgehead atoms. The lowest BCUT2D eigenvalue weighted by Crippen LogP contribution is -2.35. The Morgan fingerprint density at radius 3 is 2.70 bits per heavy atom. The van der Waals surface area contributed by atoms with E-state index < -0.39 is 0 Å². The van der Waals surface area contributed by atoms with E-state index in [1.54, 1.807) is 0 Å². The van der Waals surface area contributed by atoms with Crippen LogP contribution in [0.5, 0.6) is 0 Å². The highest BCUT2D eigenvalue weighted by Crippen LogP contribution is 2.29. The van der Waals surface area contributed by atoms with Gasteiger partial charge in [0.25, 0.3) is 0 Å². The van der Waals surface area contributed by atoms with Crippen molar-refractivity contribution in [3.8, 4) is 0 Å². The maximum atomic E-state index is 5.86. The van der Waals surface area contributed by atoms with Crippen LogP contribution in [0.1, 0.15) is 61.8 Å². The Bertz CT molecular complexity index is 914. The molecular formula is C28H41N3OS. The maximum Gasteiger partial charge on any atom is 0.173 e. The number of hydrogen-bond donors (Lipinski definition) is 1. The Morgan fingerprint density at radius 2 is 1.94 bits per heavy atom. The van der Waals surface area contributed by atoms with Gasteiger partial charge in [-0.25, -0.2) is 0 Å². The van der Waals surface area contributed by atoms with E-state index in [-0.39, 0.29) is 0 Å². The molecule has 0 fully saturated rings. The fourth-order valence-electron chi connectivity index (χ4n) is 4.40. The number of thiocarbonyl (C=S) groups is 1. The van der Waals surface area contributed by atoms with Crippen LogP contribution in [0.25, 0.3) is 0 Å². The number of aryl methyl sites for hydroxylation is 3. The van der Waals surface area contributed by atoms with Crippen LogP contribution in [0.3, 0.4) is 0 Å². The summed E-state index contributed by atoms with van der Waals surface area (Å²) in [5.41, 5.74) is 7.85. The van der Waals surface area contributed by atoms with Crippen molar-refractivity contribution in [1.29, 1.82) is 0 Å². The van der Waals surface area contributed by atoms with Gasteiger partial charge in [0.2, 0.25) is 0 Å². The van der Waals surface area contributed by atoms with Gasteiger partial charge in [0, 0.05) is 50.8 Å². The third kappa shape index (κ3) is 7.44. The van der Waals surface area contributed by atoms with Crippen LogP contribution in [0.15, 0.2) is 36.4 Å². The molecule has 2 aromatic carbocycles. The topological polar surface area (TPSA) is 27.7 Å². The molecular weight excluding hydrogens is 426 g/mol. The van der Waals surface area contributed by atoms with Gasteiger partial charge in [0.1, 0.15) is 0 Å². The number of hydrogen-bond acceptors (Lipinski definition) is 3. The average molecular weight is 468 g/mol. The molecule has 5 heteroatoms. The van der Waals surface area contributed by atoms with E-state index in [0.717, 1.165) is 50.1 Å². The van der Waals surface area contributed by atoms with Crippen LogP contribution in [-0.2, 0) is 17.7 Å². The smallest absolute Gasteiger partial charge is 0.173 e. The molecule has 4 nitrogen and oxygen atoms in total. The Kier molecular flexibility index (Phi) is 10.0. The normalized spacial score (nSPS) is 13.0. The minimum Gasteiger partial charge on any atom is -0.382 e. The van der Waals surface area contributed by atoms with Gasteiger partial charge in [-0.05, 0) is 99.1 Å². The molecule has 0 radical (unpaired) electrons. The number of ether oxygens (including phenoxy) is 1. The molecule has 2 aromatic rings. The molecule has 3 rings (SSSR count). The number of nitrogens with one attached hydrogen (secondary N) is 1. The predicted octanol–water partition coefficient (Wildman–Crippen LogP) is 6.48. The molecule has 0 atom stereocenters. The molecule has 33 heavy (non-hydrogen) atoms. The van der Waals surface area contributed by atoms with Crippen molar-refractivity contribution in [3.05, 3.63) is 58.7 Å². The van der Waals surface area contributed by atoms with Crippen molar-refractivity contribution < 1.29 is 4.74 Å². The van der Waals surface area contributed by atoms with Gasteiger partial charge in [0.05, 0.1) is 0 Å².